The van der Waals surface area contributed by atoms with Crippen LogP contribution in [0.3, 0.4) is 0 Å². The van der Waals surface area contributed by atoms with Gasteiger partial charge in [0.15, 0.2) is 0 Å². The lowest BCUT2D eigenvalue weighted by Gasteiger charge is -2.25. The van der Waals surface area contributed by atoms with Gasteiger partial charge >= 0.3 is 0 Å². The molecule has 3 heteroatoms. The first-order chi connectivity index (χ1) is 10.8. The van der Waals surface area contributed by atoms with E-state index in [1.165, 1.54) is 23.4 Å². The highest BCUT2D eigenvalue weighted by Gasteiger charge is 2.09. The molecule has 3 rings (SSSR count). The van der Waals surface area contributed by atoms with Crippen LogP contribution in [0.25, 0.3) is 0 Å². The lowest BCUT2D eigenvalue weighted by molar-refractivity contribution is 0.582. The summed E-state index contributed by atoms with van der Waals surface area (Å²) in [7, 11) is 0. The molecule has 0 saturated heterocycles. The van der Waals surface area contributed by atoms with E-state index in [1.807, 2.05) is 42.5 Å². The maximum Gasteiger partial charge on any atom is 0.214 e. The van der Waals surface area contributed by atoms with E-state index < -0.39 is 5.95 Å². The molecule has 0 N–H and O–H groups in total. The zero-order valence-corrected chi connectivity index (χ0v) is 12.2. The summed E-state index contributed by atoms with van der Waals surface area (Å²) in [6, 6.07) is 23.7. The van der Waals surface area contributed by atoms with Crippen molar-refractivity contribution in [1.29, 1.82) is 0 Å². The molecule has 1 heterocycles. The van der Waals surface area contributed by atoms with Crippen LogP contribution in [0, 0.1) is 5.95 Å². The highest BCUT2D eigenvalue weighted by molar-refractivity contribution is 5.46. The highest BCUT2D eigenvalue weighted by Crippen LogP contribution is 2.20. The van der Waals surface area contributed by atoms with Crippen LogP contribution in [0.2, 0.25) is 0 Å². The van der Waals surface area contributed by atoms with Crippen molar-refractivity contribution in [1.82, 2.24) is 4.98 Å². The summed E-state index contributed by atoms with van der Waals surface area (Å²) < 4.78 is 13.5. The molecule has 0 spiro atoms. The molecular formula is C19H17FN2. The number of rotatable bonds is 5. The fraction of sp³-hybridized carbons (Fsp3) is 0.105. The number of aromatic nitrogens is 1. The smallest absolute Gasteiger partial charge is 0.214 e. The molecule has 0 aliphatic rings. The van der Waals surface area contributed by atoms with Gasteiger partial charge in [-0.05, 0) is 17.2 Å². The molecule has 0 atom stereocenters. The van der Waals surface area contributed by atoms with Gasteiger partial charge in [-0.25, -0.2) is 4.98 Å². The van der Waals surface area contributed by atoms with E-state index >= 15 is 0 Å². The summed E-state index contributed by atoms with van der Waals surface area (Å²) in [4.78, 5) is 5.79. The van der Waals surface area contributed by atoms with E-state index in [2.05, 4.69) is 34.1 Å². The molecule has 1 aromatic heterocycles. The molecule has 2 nitrogen and oxygen atoms in total. The van der Waals surface area contributed by atoms with Crippen molar-refractivity contribution in [3.8, 4) is 0 Å². The maximum absolute atomic E-state index is 13.5. The lowest BCUT2D eigenvalue weighted by Crippen LogP contribution is -2.22. The molecule has 0 aliphatic carbocycles. The van der Waals surface area contributed by atoms with Crippen molar-refractivity contribution in [2.24, 2.45) is 0 Å². The van der Waals surface area contributed by atoms with E-state index in [0.29, 0.717) is 0 Å². The van der Waals surface area contributed by atoms with E-state index in [1.54, 1.807) is 0 Å². The second-order valence-electron chi connectivity index (χ2n) is 5.16. The summed E-state index contributed by atoms with van der Waals surface area (Å²) in [6.45, 7) is 1.44. The van der Waals surface area contributed by atoms with Gasteiger partial charge in [-0.2, -0.15) is 4.39 Å². The molecule has 0 aliphatic heterocycles. The molecule has 0 bridgehead atoms. The second kappa shape index (κ2) is 6.85. The van der Waals surface area contributed by atoms with E-state index in [0.717, 1.165) is 18.8 Å². The number of hydrogen-bond donors (Lipinski definition) is 0. The minimum Gasteiger partial charge on any atom is -0.363 e. The third kappa shape index (κ3) is 3.70. The number of pyridine rings is 1. The Balaban J connectivity index is 1.88. The molecule has 0 saturated carbocycles. The third-order valence-electron chi connectivity index (χ3n) is 3.51. The Hall–Kier alpha value is -2.68. The summed E-state index contributed by atoms with van der Waals surface area (Å²) in [5.41, 5.74) is 3.21. The fourth-order valence-corrected chi connectivity index (χ4v) is 2.44. The van der Waals surface area contributed by atoms with E-state index in [-0.39, 0.29) is 0 Å². The monoisotopic (exact) mass is 292 g/mol. The molecule has 0 radical (unpaired) electrons. The van der Waals surface area contributed by atoms with Gasteiger partial charge in [0, 0.05) is 31.0 Å². The molecule has 110 valence electrons. The van der Waals surface area contributed by atoms with Gasteiger partial charge in [-0.15, -0.1) is 0 Å². The summed E-state index contributed by atoms with van der Waals surface area (Å²) >= 11 is 0. The van der Waals surface area contributed by atoms with E-state index in [4.69, 9.17) is 0 Å². The van der Waals surface area contributed by atoms with Gasteiger partial charge in [-0.1, -0.05) is 60.7 Å². The number of hydrogen-bond acceptors (Lipinski definition) is 2. The van der Waals surface area contributed by atoms with Gasteiger partial charge in [0.2, 0.25) is 5.95 Å². The minimum absolute atomic E-state index is 0.455. The molecule has 0 amide bonds. The predicted octanol–water partition coefficient (Wildman–Crippen LogP) is 4.43. The van der Waals surface area contributed by atoms with Crippen LogP contribution in [-0.4, -0.2) is 4.98 Å². The van der Waals surface area contributed by atoms with Gasteiger partial charge in [-0.3, -0.25) is 0 Å². The lowest BCUT2D eigenvalue weighted by atomic mass is 10.1. The van der Waals surface area contributed by atoms with Crippen molar-refractivity contribution >= 4 is 5.69 Å². The molecule has 22 heavy (non-hydrogen) atoms. The highest BCUT2D eigenvalue weighted by atomic mass is 19.1. The first-order valence-corrected chi connectivity index (χ1v) is 7.25. The largest absolute Gasteiger partial charge is 0.363 e. The van der Waals surface area contributed by atoms with Crippen molar-refractivity contribution in [3.63, 3.8) is 0 Å². The number of benzene rings is 2. The topological polar surface area (TPSA) is 16.1 Å². The average molecular weight is 292 g/mol. The molecule has 0 unspecified atom stereocenters. The molecule has 0 fully saturated rings. The fourth-order valence-electron chi connectivity index (χ4n) is 2.44. The Labute approximate surface area is 129 Å². The Morgan fingerprint density at radius 2 is 1.32 bits per heavy atom. The van der Waals surface area contributed by atoms with Gasteiger partial charge in [0.05, 0.1) is 0 Å². The Bertz CT molecular complexity index is 672. The standard InChI is InChI=1S/C19H17FN2/c20-19-13-18(11-12-21-19)22(14-16-7-3-1-4-8-16)15-17-9-5-2-6-10-17/h1-13H,14-15H2. The first-order valence-electron chi connectivity index (χ1n) is 7.25. The Morgan fingerprint density at radius 3 is 1.82 bits per heavy atom. The van der Waals surface area contributed by atoms with Crippen LogP contribution in [0.15, 0.2) is 79.0 Å². The van der Waals surface area contributed by atoms with Crippen LogP contribution >= 0.6 is 0 Å². The van der Waals surface area contributed by atoms with Crippen molar-refractivity contribution < 1.29 is 4.39 Å². The number of anilines is 1. The molecule has 3 aromatic rings. The third-order valence-corrected chi connectivity index (χ3v) is 3.51. The minimum atomic E-state index is -0.455. The second-order valence-corrected chi connectivity index (χ2v) is 5.16. The van der Waals surface area contributed by atoms with Crippen LogP contribution in [0.4, 0.5) is 10.1 Å². The maximum atomic E-state index is 13.5. The first kappa shape index (κ1) is 14.3. The van der Waals surface area contributed by atoms with Gasteiger partial charge in [0.25, 0.3) is 0 Å². The van der Waals surface area contributed by atoms with Gasteiger partial charge < -0.3 is 4.90 Å². The average Bonchev–Trinajstić information content (AvgIpc) is 2.56. The van der Waals surface area contributed by atoms with E-state index in [9.17, 15) is 4.39 Å². The van der Waals surface area contributed by atoms with Crippen molar-refractivity contribution in [2.75, 3.05) is 4.90 Å². The van der Waals surface area contributed by atoms with Crippen LogP contribution in [0.1, 0.15) is 11.1 Å². The summed E-state index contributed by atoms with van der Waals surface area (Å²) in [5.74, 6) is -0.455. The van der Waals surface area contributed by atoms with Crippen molar-refractivity contribution in [3.05, 3.63) is 96.1 Å². The number of nitrogens with zero attached hydrogens (tertiary/aromatic N) is 2. The summed E-state index contributed by atoms with van der Waals surface area (Å²) in [5, 5.41) is 0. The van der Waals surface area contributed by atoms with Gasteiger partial charge in [0.1, 0.15) is 0 Å². The molecular weight excluding hydrogens is 275 g/mol. The van der Waals surface area contributed by atoms with Crippen LogP contribution in [0.5, 0.6) is 0 Å². The zero-order valence-electron chi connectivity index (χ0n) is 12.2. The number of halogens is 1. The SMILES string of the molecule is Fc1cc(N(Cc2ccccc2)Cc2ccccc2)ccn1. The zero-order chi connectivity index (χ0) is 15.2. The predicted molar refractivity (Wildman–Crippen MR) is 87.0 cm³/mol. The molecule has 2 aromatic carbocycles. The van der Waals surface area contributed by atoms with Crippen LogP contribution in [-0.2, 0) is 13.1 Å². The Kier molecular flexibility index (Phi) is 4.44. The summed E-state index contributed by atoms with van der Waals surface area (Å²) in [6.07, 6.45) is 1.51. The van der Waals surface area contributed by atoms with Crippen molar-refractivity contribution in [2.45, 2.75) is 13.1 Å². The van der Waals surface area contributed by atoms with Crippen LogP contribution < -0.4 is 4.90 Å². The Morgan fingerprint density at radius 1 is 0.773 bits per heavy atom. The quantitative estimate of drug-likeness (QED) is 0.647. The normalized spacial score (nSPS) is 10.4.